The summed E-state index contributed by atoms with van der Waals surface area (Å²) in [5, 5.41) is 12.7. The topological polar surface area (TPSA) is 131 Å². The second kappa shape index (κ2) is 39.4. The Balaban J connectivity index is 3.58. The third-order valence-corrected chi connectivity index (χ3v) is 10.4. The lowest BCUT2D eigenvalue weighted by molar-refractivity contribution is -0.147. The number of nitrogens with one attached hydrogen (secondary N) is 1. The fourth-order valence-electron chi connectivity index (χ4n) is 6.14. The predicted octanol–water partition coefficient (Wildman–Crippen LogP) is 11.8. The summed E-state index contributed by atoms with van der Waals surface area (Å²) < 4.78 is 26.9. The molecule has 2 unspecified atom stereocenters. The molecule has 0 fully saturated rings. The highest BCUT2D eigenvalue weighted by Gasteiger charge is 2.23. The van der Waals surface area contributed by atoms with E-state index in [4.69, 9.17) is 13.8 Å². The molecule has 0 aliphatic rings. The average molecular weight is 760 g/mol. The molecule has 52 heavy (non-hydrogen) atoms. The largest absolute Gasteiger partial charge is 0.472 e. The summed E-state index contributed by atoms with van der Waals surface area (Å²) in [6, 6.07) is 0. The number of rotatable bonds is 41. The van der Waals surface area contributed by atoms with Gasteiger partial charge in [-0.3, -0.25) is 18.6 Å². The highest BCUT2D eigenvalue weighted by molar-refractivity contribution is 7.47. The number of carbonyl (C=O) groups excluding carboxylic acids is 2. The summed E-state index contributed by atoms with van der Waals surface area (Å²) in [5.74, 6) is -0.517. The number of allylic oxidation sites excluding steroid dienone is 2. The summed E-state index contributed by atoms with van der Waals surface area (Å²) in [6.45, 7) is 3.56. The van der Waals surface area contributed by atoms with Gasteiger partial charge in [0.25, 0.3) is 0 Å². The Morgan fingerprint density at radius 3 is 1.44 bits per heavy atom. The second-order valence-corrected chi connectivity index (χ2v) is 16.1. The highest BCUT2D eigenvalue weighted by Crippen LogP contribution is 2.42. The first-order chi connectivity index (χ1) is 25.3. The van der Waals surface area contributed by atoms with E-state index in [1.807, 2.05) is 0 Å². The van der Waals surface area contributed by atoms with E-state index in [0.717, 1.165) is 44.9 Å². The SMILES string of the molecule is CCCCCCCC/C=C\CCCCCCCC(=O)NCCOP(=O)(O)OCC(O)COC(=O)CCCCCCCCCCCCCCCCCC. The molecule has 0 aromatic carbocycles. The van der Waals surface area contributed by atoms with Gasteiger partial charge in [0, 0.05) is 19.4 Å². The Bertz CT molecular complexity index is 871. The van der Waals surface area contributed by atoms with Gasteiger partial charge in [0.1, 0.15) is 12.7 Å². The molecule has 0 bridgehead atoms. The molecule has 9 nitrogen and oxygen atoms in total. The average Bonchev–Trinajstić information content (AvgIpc) is 3.13. The summed E-state index contributed by atoms with van der Waals surface area (Å²) in [4.78, 5) is 33.9. The zero-order valence-electron chi connectivity index (χ0n) is 33.8. The Kier molecular flexibility index (Phi) is 38.5. The predicted molar refractivity (Wildman–Crippen MR) is 215 cm³/mol. The molecular formula is C42H82NO8P. The standard InChI is InChI=1S/C42H82NO8P/c1-3-5-7-9-11-13-15-17-19-21-23-25-27-29-31-33-35-42(46)49-38-40(44)39-51-52(47,48)50-37-36-43-41(45)34-32-30-28-26-24-22-20-18-16-14-12-10-8-6-4-2/h18,20,40,44H,3-17,19,21-39H2,1-2H3,(H,43,45)(H,47,48)/b20-18-. The highest BCUT2D eigenvalue weighted by atomic mass is 31.2. The van der Waals surface area contributed by atoms with Gasteiger partial charge in [0.2, 0.25) is 5.91 Å². The smallest absolute Gasteiger partial charge is 0.463 e. The lowest BCUT2D eigenvalue weighted by atomic mass is 10.0. The minimum atomic E-state index is -4.41. The van der Waals surface area contributed by atoms with Crippen molar-refractivity contribution < 1.29 is 37.9 Å². The van der Waals surface area contributed by atoms with Gasteiger partial charge in [-0.2, -0.15) is 0 Å². The molecule has 0 aromatic heterocycles. The molecular weight excluding hydrogens is 677 g/mol. The first-order valence-electron chi connectivity index (χ1n) is 21.7. The van der Waals surface area contributed by atoms with E-state index in [9.17, 15) is 24.2 Å². The Hall–Kier alpha value is -1.25. The number of amides is 1. The third kappa shape index (κ3) is 39.9. The first kappa shape index (κ1) is 50.8. The van der Waals surface area contributed by atoms with Gasteiger partial charge in [-0.05, 0) is 38.5 Å². The van der Waals surface area contributed by atoms with Gasteiger partial charge in [-0.15, -0.1) is 0 Å². The number of carbonyl (C=O) groups is 2. The molecule has 0 saturated heterocycles. The zero-order chi connectivity index (χ0) is 38.2. The van der Waals surface area contributed by atoms with Crippen LogP contribution in [0, 0.1) is 0 Å². The number of unbranched alkanes of at least 4 members (excludes halogenated alkanes) is 26. The first-order valence-corrected chi connectivity index (χ1v) is 23.2. The molecule has 308 valence electrons. The van der Waals surface area contributed by atoms with E-state index in [0.29, 0.717) is 6.42 Å². The summed E-state index contributed by atoms with van der Waals surface area (Å²) in [6.07, 6.45) is 39.9. The van der Waals surface area contributed by atoms with Gasteiger partial charge in [-0.1, -0.05) is 174 Å². The Morgan fingerprint density at radius 1 is 0.577 bits per heavy atom. The van der Waals surface area contributed by atoms with Gasteiger partial charge in [-0.25, -0.2) is 4.57 Å². The maximum atomic E-state index is 12.1. The quantitative estimate of drug-likeness (QED) is 0.0243. The van der Waals surface area contributed by atoms with Crippen molar-refractivity contribution in [2.24, 2.45) is 0 Å². The van der Waals surface area contributed by atoms with Crippen molar-refractivity contribution in [3.8, 4) is 0 Å². The van der Waals surface area contributed by atoms with Crippen LogP contribution >= 0.6 is 7.82 Å². The van der Waals surface area contributed by atoms with Crippen molar-refractivity contribution in [2.75, 3.05) is 26.4 Å². The maximum Gasteiger partial charge on any atom is 0.472 e. The Morgan fingerprint density at radius 2 is 0.981 bits per heavy atom. The number of hydrogen-bond donors (Lipinski definition) is 3. The van der Waals surface area contributed by atoms with Crippen molar-refractivity contribution in [3.05, 3.63) is 12.2 Å². The zero-order valence-corrected chi connectivity index (χ0v) is 34.7. The van der Waals surface area contributed by atoms with Crippen LogP contribution in [-0.2, 0) is 27.9 Å². The van der Waals surface area contributed by atoms with Crippen LogP contribution in [0.2, 0.25) is 0 Å². The van der Waals surface area contributed by atoms with Crippen LogP contribution in [-0.4, -0.2) is 54.3 Å². The maximum absolute atomic E-state index is 12.1. The minimum Gasteiger partial charge on any atom is -0.463 e. The molecule has 10 heteroatoms. The number of aliphatic hydroxyl groups excluding tert-OH is 1. The molecule has 3 N–H and O–H groups in total. The number of esters is 1. The molecule has 2 atom stereocenters. The van der Waals surface area contributed by atoms with Crippen molar-refractivity contribution >= 4 is 19.7 Å². The van der Waals surface area contributed by atoms with Crippen LogP contribution in [0.1, 0.15) is 213 Å². The normalized spacial score (nSPS) is 13.4. The number of phosphoric ester groups is 1. The fraction of sp³-hybridized carbons (Fsp3) is 0.905. The number of aliphatic hydroxyl groups is 1. The van der Waals surface area contributed by atoms with E-state index in [1.54, 1.807) is 0 Å². The summed E-state index contributed by atoms with van der Waals surface area (Å²) >= 11 is 0. The molecule has 0 radical (unpaired) electrons. The van der Waals surface area contributed by atoms with E-state index < -0.39 is 26.5 Å². The third-order valence-electron chi connectivity index (χ3n) is 9.45. The van der Waals surface area contributed by atoms with Crippen LogP contribution in [0.15, 0.2) is 12.2 Å². The number of hydrogen-bond acceptors (Lipinski definition) is 7. The summed E-state index contributed by atoms with van der Waals surface area (Å²) in [7, 11) is -4.41. The van der Waals surface area contributed by atoms with Crippen molar-refractivity contribution in [1.82, 2.24) is 5.32 Å². The van der Waals surface area contributed by atoms with Gasteiger partial charge in [0.15, 0.2) is 0 Å². The fourth-order valence-corrected chi connectivity index (χ4v) is 6.90. The van der Waals surface area contributed by atoms with Gasteiger partial charge >= 0.3 is 13.8 Å². The monoisotopic (exact) mass is 760 g/mol. The second-order valence-electron chi connectivity index (χ2n) is 14.7. The Labute approximate surface area is 319 Å². The molecule has 0 aromatic rings. The lowest BCUT2D eigenvalue weighted by Gasteiger charge is -2.15. The van der Waals surface area contributed by atoms with Gasteiger partial charge < -0.3 is 20.1 Å². The van der Waals surface area contributed by atoms with Crippen LogP contribution in [0.25, 0.3) is 0 Å². The van der Waals surface area contributed by atoms with E-state index in [1.165, 1.54) is 141 Å². The van der Waals surface area contributed by atoms with E-state index >= 15 is 0 Å². The molecule has 0 rings (SSSR count). The molecule has 1 amide bonds. The molecule has 0 heterocycles. The number of ether oxygens (including phenoxy) is 1. The molecule has 0 aliphatic heterocycles. The van der Waals surface area contributed by atoms with Crippen molar-refractivity contribution in [2.45, 2.75) is 219 Å². The molecule has 0 spiro atoms. The molecule has 0 aliphatic carbocycles. The van der Waals surface area contributed by atoms with E-state index in [-0.39, 0.29) is 32.1 Å². The van der Waals surface area contributed by atoms with Gasteiger partial charge in [0.05, 0.1) is 13.2 Å². The lowest BCUT2D eigenvalue weighted by Crippen LogP contribution is -2.27. The number of phosphoric acid groups is 1. The van der Waals surface area contributed by atoms with Crippen LogP contribution in [0.5, 0.6) is 0 Å². The van der Waals surface area contributed by atoms with Crippen LogP contribution in [0.3, 0.4) is 0 Å². The van der Waals surface area contributed by atoms with Crippen molar-refractivity contribution in [3.63, 3.8) is 0 Å². The van der Waals surface area contributed by atoms with E-state index in [2.05, 4.69) is 31.3 Å². The van der Waals surface area contributed by atoms with Crippen LogP contribution < -0.4 is 5.32 Å². The van der Waals surface area contributed by atoms with Crippen molar-refractivity contribution in [1.29, 1.82) is 0 Å². The summed E-state index contributed by atoms with van der Waals surface area (Å²) in [5.41, 5.74) is 0. The molecule has 0 saturated carbocycles. The minimum absolute atomic E-state index is 0.0807. The van der Waals surface area contributed by atoms with Crippen LogP contribution in [0.4, 0.5) is 0 Å².